The van der Waals surface area contributed by atoms with Crippen LogP contribution in [0.3, 0.4) is 0 Å². The van der Waals surface area contributed by atoms with E-state index in [0.29, 0.717) is 12.8 Å². The van der Waals surface area contributed by atoms with Crippen LogP contribution in [0.2, 0.25) is 10.0 Å². The molecule has 0 aliphatic heterocycles. The Morgan fingerprint density at radius 3 is 2.55 bits per heavy atom. The first-order valence-corrected chi connectivity index (χ1v) is 7.32. The van der Waals surface area contributed by atoms with E-state index in [-0.39, 0.29) is 22.2 Å². The minimum atomic E-state index is -0.870. The van der Waals surface area contributed by atoms with Crippen LogP contribution in [0.15, 0.2) is 12.1 Å². The smallest absolute Gasteiger partial charge is 0.253 e. The van der Waals surface area contributed by atoms with Crippen molar-refractivity contribution in [2.45, 2.75) is 37.7 Å². The van der Waals surface area contributed by atoms with Gasteiger partial charge in [-0.3, -0.25) is 4.79 Å². The molecule has 1 fully saturated rings. The molecule has 0 unspecified atom stereocenters. The lowest BCUT2D eigenvalue weighted by molar-refractivity contribution is 0.00525. The van der Waals surface area contributed by atoms with Crippen LogP contribution in [0.5, 0.6) is 0 Å². The van der Waals surface area contributed by atoms with E-state index in [9.17, 15) is 14.3 Å². The zero-order chi connectivity index (χ0) is 14.8. The molecular weight excluding hydrogens is 304 g/mol. The van der Waals surface area contributed by atoms with Crippen LogP contribution in [0.4, 0.5) is 4.39 Å². The van der Waals surface area contributed by atoms with Gasteiger partial charge in [0, 0.05) is 6.54 Å². The first-order chi connectivity index (χ1) is 9.41. The summed E-state index contributed by atoms with van der Waals surface area (Å²) in [7, 11) is 0. The van der Waals surface area contributed by atoms with E-state index >= 15 is 0 Å². The summed E-state index contributed by atoms with van der Waals surface area (Å²) in [5.41, 5.74) is -0.848. The third-order valence-corrected chi connectivity index (χ3v) is 4.22. The van der Waals surface area contributed by atoms with E-state index in [4.69, 9.17) is 23.2 Å². The molecule has 0 spiro atoms. The molecule has 0 saturated heterocycles. The second-order valence-corrected chi connectivity index (χ2v) is 6.03. The van der Waals surface area contributed by atoms with Gasteiger partial charge in [-0.1, -0.05) is 42.5 Å². The quantitative estimate of drug-likeness (QED) is 0.837. The number of rotatable bonds is 3. The van der Waals surface area contributed by atoms with Crippen molar-refractivity contribution < 1.29 is 14.3 Å². The lowest BCUT2D eigenvalue weighted by Gasteiger charge is -2.32. The predicted molar refractivity (Wildman–Crippen MR) is 76.8 cm³/mol. The molecule has 110 valence electrons. The van der Waals surface area contributed by atoms with E-state index in [1.165, 1.54) is 6.07 Å². The Morgan fingerprint density at radius 2 is 1.90 bits per heavy atom. The highest BCUT2D eigenvalue weighted by molar-refractivity contribution is 6.36. The number of hydrogen-bond acceptors (Lipinski definition) is 2. The van der Waals surface area contributed by atoms with Crippen molar-refractivity contribution in [3.8, 4) is 0 Å². The predicted octanol–water partition coefficient (Wildman–Crippen LogP) is 3.56. The van der Waals surface area contributed by atoms with Gasteiger partial charge in [0.25, 0.3) is 5.91 Å². The van der Waals surface area contributed by atoms with Crippen LogP contribution in [0.1, 0.15) is 42.5 Å². The summed E-state index contributed by atoms with van der Waals surface area (Å²) in [6.45, 7) is 0.145. The lowest BCUT2D eigenvalue weighted by atomic mass is 9.85. The fraction of sp³-hybridized carbons (Fsp3) is 0.500. The first kappa shape index (κ1) is 15.5. The fourth-order valence-electron chi connectivity index (χ4n) is 2.42. The molecule has 3 nitrogen and oxygen atoms in total. The maximum atomic E-state index is 13.4. The molecular formula is C14H16Cl2FNO2. The number of carbonyl (C=O) groups is 1. The normalized spacial score (nSPS) is 17.8. The summed E-state index contributed by atoms with van der Waals surface area (Å²) < 4.78 is 13.4. The molecule has 1 aromatic carbocycles. The maximum Gasteiger partial charge on any atom is 0.253 e. The molecule has 1 amide bonds. The number of benzene rings is 1. The lowest BCUT2D eigenvalue weighted by Crippen LogP contribution is -2.44. The SMILES string of the molecule is O=C(NCC1(O)CCCCC1)c1cc(F)c(Cl)cc1Cl. The van der Waals surface area contributed by atoms with Crippen molar-refractivity contribution in [3.05, 3.63) is 33.6 Å². The van der Waals surface area contributed by atoms with Crippen LogP contribution in [-0.4, -0.2) is 23.2 Å². The molecule has 1 saturated carbocycles. The van der Waals surface area contributed by atoms with E-state index in [1.54, 1.807) is 0 Å². The van der Waals surface area contributed by atoms with Gasteiger partial charge in [-0.2, -0.15) is 0 Å². The molecule has 2 N–H and O–H groups in total. The summed E-state index contributed by atoms with van der Waals surface area (Å²) in [6.07, 6.45) is 4.32. The molecule has 2 rings (SSSR count). The van der Waals surface area contributed by atoms with Gasteiger partial charge < -0.3 is 10.4 Å². The van der Waals surface area contributed by atoms with Crippen molar-refractivity contribution in [2.24, 2.45) is 0 Å². The van der Waals surface area contributed by atoms with E-state index in [0.717, 1.165) is 25.3 Å². The monoisotopic (exact) mass is 319 g/mol. The molecule has 0 bridgehead atoms. The Hall–Kier alpha value is -0.840. The standard InChI is InChI=1S/C14H16Cl2FNO2/c15-10-7-11(16)12(17)6-9(10)13(19)18-8-14(20)4-2-1-3-5-14/h6-7,20H,1-5,8H2,(H,18,19). The molecule has 1 aliphatic carbocycles. The van der Waals surface area contributed by atoms with Gasteiger partial charge in [0.2, 0.25) is 0 Å². The van der Waals surface area contributed by atoms with Gasteiger partial charge in [-0.05, 0) is 25.0 Å². The number of amides is 1. The van der Waals surface area contributed by atoms with Crippen LogP contribution < -0.4 is 5.32 Å². The van der Waals surface area contributed by atoms with E-state index in [1.807, 2.05) is 0 Å². The Kier molecular flexibility index (Phi) is 4.89. The number of carbonyl (C=O) groups excluding carboxylic acids is 1. The maximum absolute atomic E-state index is 13.4. The average Bonchev–Trinajstić information content (AvgIpc) is 2.41. The largest absolute Gasteiger partial charge is 0.388 e. The van der Waals surface area contributed by atoms with Gasteiger partial charge in [0.15, 0.2) is 0 Å². The van der Waals surface area contributed by atoms with E-state index < -0.39 is 17.3 Å². The number of aliphatic hydroxyl groups is 1. The molecule has 0 radical (unpaired) electrons. The summed E-state index contributed by atoms with van der Waals surface area (Å²) in [4.78, 5) is 12.0. The highest BCUT2D eigenvalue weighted by Crippen LogP contribution is 2.28. The van der Waals surface area contributed by atoms with Gasteiger partial charge >= 0.3 is 0 Å². The Bertz CT molecular complexity index is 516. The minimum Gasteiger partial charge on any atom is -0.388 e. The molecule has 0 aromatic heterocycles. The highest BCUT2D eigenvalue weighted by atomic mass is 35.5. The highest BCUT2D eigenvalue weighted by Gasteiger charge is 2.29. The number of nitrogens with one attached hydrogen (secondary N) is 1. The second kappa shape index (κ2) is 6.29. The topological polar surface area (TPSA) is 49.3 Å². The molecule has 20 heavy (non-hydrogen) atoms. The van der Waals surface area contributed by atoms with Crippen LogP contribution in [-0.2, 0) is 0 Å². The van der Waals surface area contributed by atoms with Crippen molar-refractivity contribution >= 4 is 29.1 Å². The van der Waals surface area contributed by atoms with Crippen molar-refractivity contribution in [1.82, 2.24) is 5.32 Å². The van der Waals surface area contributed by atoms with Crippen LogP contribution in [0, 0.1) is 5.82 Å². The Balaban J connectivity index is 2.03. The zero-order valence-electron chi connectivity index (χ0n) is 10.9. The van der Waals surface area contributed by atoms with Gasteiger partial charge in [0.05, 0.1) is 21.2 Å². The summed E-state index contributed by atoms with van der Waals surface area (Å²) >= 11 is 11.5. The van der Waals surface area contributed by atoms with Gasteiger partial charge in [0.1, 0.15) is 5.82 Å². The summed E-state index contributed by atoms with van der Waals surface area (Å²) in [5, 5.41) is 12.9. The molecule has 1 aliphatic rings. The first-order valence-electron chi connectivity index (χ1n) is 6.56. The molecule has 0 heterocycles. The summed E-state index contributed by atoms with van der Waals surface area (Å²) in [5.74, 6) is -1.21. The molecule has 1 aromatic rings. The van der Waals surface area contributed by atoms with Gasteiger partial charge in [-0.15, -0.1) is 0 Å². The number of hydrogen-bond donors (Lipinski definition) is 2. The van der Waals surface area contributed by atoms with Crippen molar-refractivity contribution in [1.29, 1.82) is 0 Å². The van der Waals surface area contributed by atoms with Crippen molar-refractivity contribution in [2.75, 3.05) is 6.54 Å². The fourth-order valence-corrected chi connectivity index (χ4v) is 2.89. The Morgan fingerprint density at radius 1 is 1.25 bits per heavy atom. The van der Waals surface area contributed by atoms with Crippen molar-refractivity contribution in [3.63, 3.8) is 0 Å². The third kappa shape index (κ3) is 3.62. The zero-order valence-corrected chi connectivity index (χ0v) is 12.4. The average molecular weight is 320 g/mol. The molecule has 0 atom stereocenters. The molecule has 6 heteroatoms. The summed E-state index contributed by atoms with van der Waals surface area (Å²) in [6, 6.07) is 2.20. The third-order valence-electron chi connectivity index (χ3n) is 3.62. The van der Waals surface area contributed by atoms with E-state index in [2.05, 4.69) is 5.32 Å². The van der Waals surface area contributed by atoms with Gasteiger partial charge in [-0.25, -0.2) is 4.39 Å². The van der Waals surface area contributed by atoms with Crippen LogP contribution >= 0.6 is 23.2 Å². The minimum absolute atomic E-state index is 0.0213. The van der Waals surface area contributed by atoms with Crippen LogP contribution in [0.25, 0.3) is 0 Å². The number of halogens is 3. The Labute approximate surface area is 127 Å². The second-order valence-electron chi connectivity index (χ2n) is 5.21.